The van der Waals surface area contributed by atoms with E-state index in [-0.39, 0.29) is 0 Å². The number of fused-ring (bicyclic) bond motifs is 1. The standard InChI is InChI=1S/C17H17NOS/c1-4-12-5-6-16-14(8-12)15(9-19)17(18-16)13-7-10(2)20-11(13)3/h5-9,18H,4H2,1-3H3. The van der Waals surface area contributed by atoms with Crippen LogP contribution in [0.2, 0.25) is 0 Å². The lowest BCUT2D eigenvalue weighted by molar-refractivity contribution is 0.112. The zero-order valence-corrected chi connectivity index (χ0v) is 12.7. The highest BCUT2D eigenvalue weighted by Gasteiger charge is 2.16. The topological polar surface area (TPSA) is 32.9 Å². The number of carbonyl (C=O) groups is 1. The molecular formula is C17H17NOS. The molecule has 0 atom stereocenters. The van der Waals surface area contributed by atoms with Crippen LogP contribution in [0, 0.1) is 13.8 Å². The fraction of sp³-hybridized carbons (Fsp3) is 0.235. The van der Waals surface area contributed by atoms with Crippen LogP contribution in [0.5, 0.6) is 0 Å². The first-order valence-corrected chi connectivity index (χ1v) is 7.63. The molecule has 3 rings (SSSR count). The van der Waals surface area contributed by atoms with Gasteiger partial charge in [0.05, 0.1) is 5.69 Å². The van der Waals surface area contributed by atoms with Gasteiger partial charge in [0.1, 0.15) is 0 Å². The minimum atomic E-state index is 0.774. The van der Waals surface area contributed by atoms with Crippen molar-refractivity contribution in [3.05, 3.63) is 45.1 Å². The van der Waals surface area contributed by atoms with Crippen LogP contribution in [-0.4, -0.2) is 11.3 Å². The van der Waals surface area contributed by atoms with Gasteiger partial charge in [0.2, 0.25) is 0 Å². The van der Waals surface area contributed by atoms with E-state index in [9.17, 15) is 4.79 Å². The predicted octanol–water partition coefficient (Wildman–Crippen LogP) is 4.89. The minimum Gasteiger partial charge on any atom is -0.354 e. The fourth-order valence-corrected chi connectivity index (χ4v) is 3.62. The average molecular weight is 283 g/mol. The number of nitrogens with one attached hydrogen (secondary N) is 1. The molecule has 0 saturated heterocycles. The Morgan fingerprint density at radius 2 is 2.05 bits per heavy atom. The number of aromatic amines is 1. The van der Waals surface area contributed by atoms with E-state index in [1.807, 2.05) is 0 Å². The molecule has 2 aromatic heterocycles. The van der Waals surface area contributed by atoms with Gasteiger partial charge in [-0.05, 0) is 44.0 Å². The summed E-state index contributed by atoms with van der Waals surface area (Å²) in [6.45, 7) is 6.33. The minimum absolute atomic E-state index is 0.774. The molecule has 2 heterocycles. The molecule has 0 unspecified atom stereocenters. The summed E-state index contributed by atoms with van der Waals surface area (Å²) in [5.74, 6) is 0. The smallest absolute Gasteiger partial charge is 0.152 e. The maximum atomic E-state index is 11.6. The third-order valence-corrected chi connectivity index (χ3v) is 4.71. The summed E-state index contributed by atoms with van der Waals surface area (Å²) in [5, 5.41) is 1.03. The number of rotatable bonds is 3. The van der Waals surface area contributed by atoms with E-state index >= 15 is 0 Å². The lowest BCUT2D eigenvalue weighted by Gasteiger charge is -1.98. The van der Waals surface area contributed by atoms with Crippen LogP contribution in [0.15, 0.2) is 24.3 Å². The number of aryl methyl sites for hydroxylation is 3. The first-order valence-electron chi connectivity index (χ1n) is 6.81. The first kappa shape index (κ1) is 13.1. The molecule has 1 N–H and O–H groups in total. The summed E-state index contributed by atoms with van der Waals surface area (Å²) in [5.41, 5.74) is 5.15. The van der Waals surface area contributed by atoms with Gasteiger partial charge in [-0.3, -0.25) is 4.79 Å². The maximum absolute atomic E-state index is 11.6. The van der Waals surface area contributed by atoms with E-state index in [1.165, 1.54) is 15.3 Å². The molecule has 3 aromatic rings. The van der Waals surface area contributed by atoms with Gasteiger partial charge in [-0.1, -0.05) is 13.0 Å². The van der Waals surface area contributed by atoms with Crippen LogP contribution in [0.4, 0.5) is 0 Å². The average Bonchev–Trinajstić information content (AvgIpc) is 2.96. The summed E-state index contributed by atoms with van der Waals surface area (Å²) < 4.78 is 0. The van der Waals surface area contributed by atoms with Gasteiger partial charge in [-0.15, -0.1) is 11.3 Å². The second-order valence-corrected chi connectivity index (χ2v) is 6.55. The van der Waals surface area contributed by atoms with E-state index in [1.54, 1.807) is 11.3 Å². The van der Waals surface area contributed by atoms with E-state index < -0.39 is 0 Å². The van der Waals surface area contributed by atoms with E-state index in [4.69, 9.17) is 0 Å². The van der Waals surface area contributed by atoms with Crippen molar-refractivity contribution in [1.29, 1.82) is 0 Å². The van der Waals surface area contributed by atoms with Gasteiger partial charge >= 0.3 is 0 Å². The predicted molar refractivity (Wildman–Crippen MR) is 85.9 cm³/mol. The van der Waals surface area contributed by atoms with Crippen LogP contribution < -0.4 is 0 Å². The Labute approximate surface area is 122 Å². The van der Waals surface area contributed by atoms with E-state index in [0.29, 0.717) is 0 Å². The number of H-pyrrole nitrogens is 1. The van der Waals surface area contributed by atoms with Crippen LogP contribution in [-0.2, 0) is 6.42 Å². The number of carbonyl (C=O) groups excluding carboxylic acids is 1. The van der Waals surface area contributed by atoms with E-state index in [2.05, 4.69) is 50.0 Å². The summed E-state index contributed by atoms with van der Waals surface area (Å²) in [6, 6.07) is 8.45. The third kappa shape index (κ3) is 1.98. The van der Waals surface area contributed by atoms with Gasteiger partial charge in [0, 0.05) is 31.8 Å². The largest absolute Gasteiger partial charge is 0.354 e. The van der Waals surface area contributed by atoms with Crippen molar-refractivity contribution in [3.8, 4) is 11.3 Å². The van der Waals surface area contributed by atoms with Crippen molar-refractivity contribution < 1.29 is 4.79 Å². The monoisotopic (exact) mass is 283 g/mol. The molecule has 0 amide bonds. The number of aldehydes is 1. The Bertz CT molecular complexity index is 795. The molecule has 0 saturated carbocycles. The molecule has 20 heavy (non-hydrogen) atoms. The van der Waals surface area contributed by atoms with Crippen LogP contribution in [0.25, 0.3) is 22.2 Å². The quantitative estimate of drug-likeness (QED) is 0.682. The van der Waals surface area contributed by atoms with Crippen LogP contribution in [0.3, 0.4) is 0 Å². The van der Waals surface area contributed by atoms with Gasteiger partial charge in [-0.25, -0.2) is 0 Å². The van der Waals surface area contributed by atoms with Crippen molar-refractivity contribution >= 4 is 28.5 Å². The zero-order valence-electron chi connectivity index (χ0n) is 11.9. The van der Waals surface area contributed by atoms with Gasteiger partial charge < -0.3 is 4.98 Å². The van der Waals surface area contributed by atoms with Gasteiger partial charge in [0.25, 0.3) is 0 Å². The Morgan fingerprint density at radius 1 is 1.25 bits per heavy atom. The highest BCUT2D eigenvalue weighted by molar-refractivity contribution is 7.12. The van der Waals surface area contributed by atoms with Crippen molar-refractivity contribution in [3.63, 3.8) is 0 Å². The molecule has 102 valence electrons. The Morgan fingerprint density at radius 3 is 2.65 bits per heavy atom. The summed E-state index contributed by atoms with van der Waals surface area (Å²) in [4.78, 5) is 17.5. The number of benzene rings is 1. The van der Waals surface area contributed by atoms with Crippen molar-refractivity contribution in [1.82, 2.24) is 4.98 Å². The SMILES string of the molecule is CCc1ccc2[nH]c(-c3cc(C)sc3C)c(C=O)c2c1. The van der Waals surface area contributed by atoms with Gasteiger partial charge in [0.15, 0.2) is 6.29 Å². The highest BCUT2D eigenvalue weighted by atomic mass is 32.1. The molecule has 1 aromatic carbocycles. The molecule has 0 spiro atoms. The third-order valence-electron chi connectivity index (χ3n) is 3.74. The number of thiophene rings is 1. The summed E-state index contributed by atoms with van der Waals surface area (Å²) in [6.07, 6.45) is 1.95. The first-order chi connectivity index (χ1) is 9.63. The second kappa shape index (κ2) is 4.91. The Kier molecular flexibility index (Phi) is 3.22. The molecule has 0 fully saturated rings. The molecule has 0 radical (unpaired) electrons. The zero-order chi connectivity index (χ0) is 14.3. The number of hydrogen-bond acceptors (Lipinski definition) is 2. The normalized spacial score (nSPS) is 11.2. The van der Waals surface area contributed by atoms with Crippen molar-refractivity contribution in [2.45, 2.75) is 27.2 Å². The van der Waals surface area contributed by atoms with E-state index in [0.717, 1.165) is 40.4 Å². The van der Waals surface area contributed by atoms with Crippen molar-refractivity contribution in [2.24, 2.45) is 0 Å². The lowest BCUT2D eigenvalue weighted by Crippen LogP contribution is -1.84. The van der Waals surface area contributed by atoms with Crippen molar-refractivity contribution in [2.75, 3.05) is 0 Å². The lowest BCUT2D eigenvalue weighted by atomic mass is 10.0. The van der Waals surface area contributed by atoms with Crippen LogP contribution in [0.1, 0.15) is 32.6 Å². The molecule has 0 aliphatic rings. The second-order valence-electron chi connectivity index (χ2n) is 5.09. The Hall–Kier alpha value is -1.87. The van der Waals surface area contributed by atoms with Gasteiger partial charge in [-0.2, -0.15) is 0 Å². The molecule has 0 bridgehead atoms. The molecule has 0 aliphatic heterocycles. The molecule has 0 aliphatic carbocycles. The molecule has 3 heteroatoms. The highest BCUT2D eigenvalue weighted by Crippen LogP contribution is 2.35. The number of hydrogen-bond donors (Lipinski definition) is 1. The Balaban J connectivity index is 2.31. The fourth-order valence-electron chi connectivity index (χ4n) is 2.69. The maximum Gasteiger partial charge on any atom is 0.152 e. The summed E-state index contributed by atoms with van der Waals surface area (Å²) in [7, 11) is 0. The van der Waals surface area contributed by atoms with Crippen LogP contribution >= 0.6 is 11.3 Å². The molecule has 2 nitrogen and oxygen atoms in total. The summed E-state index contributed by atoms with van der Waals surface area (Å²) >= 11 is 1.76. The number of aromatic nitrogens is 1. The molecular weight excluding hydrogens is 266 g/mol.